The van der Waals surface area contributed by atoms with E-state index in [2.05, 4.69) is 0 Å². The number of carbonyl (C=O) groups is 3. The lowest BCUT2D eigenvalue weighted by molar-refractivity contribution is -0.159. The van der Waals surface area contributed by atoms with Gasteiger partial charge in [-0.05, 0) is 12.8 Å². The van der Waals surface area contributed by atoms with Crippen LogP contribution in [0.2, 0.25) is 0 Å². The normalized spacial score (nSPS) is 33.1. The number of nitrogens with two attached hydrogens (primary N) is 1. The Balaban J connectivity index is 2.05. The zero-order valence-electron chi connectivity index (χ0n) is 10.9. The number of carboxylic acid groups (broad SMARTS) is 2. The molecule has 1 amide bonds. The SMILES string of the molecule is NC1C=CC(C(=O)N2CCC(C(=O)O)C(C(=O)O)C2)C1. The van der Waals surface area contributed by atoms with E-state index in [-0.39, 0.29) is 37.4 Å². The number of amides is 1. The molecule has 2 rings (SSSR count). The second kappa shape index (κ2) is 5.62. The Bertz CT molecular complexity index is 462. The highest BCUT2D eigenvalue weighted by atomic mass is 16.4. The first-order valence-electron chi connectivity index (χ1n) is 6.58. The molecule has 0 radical (unpaired) electrons. The highest BCUT2D eigenvalue weighted by Gasteiger charge is 2.41. The maximum atomic E-state index is 12.3. The van der Waals surface area contributed by atoms with Gasteiger partial charge in [-0.25, -0.2) is 0 Å². The Morgan fingerprint density at radius 3 is 2.25 bits per heavy atom. The molecular formula is C13H18N2O5. The minimum absolute atomic E-state index is 0.0509. The van der Waals surface area contributed by atoms with Crippen LogP contribution >= 0.6 is 0 Å². The zero-order chi connectivity index (χ0) is 14.9. The molecule has 4 N–H and O–H groups in total. The third-order valence-electron chi connectivity index (χ3n) is 3.99. The number of likely N-dealkylation sites (tertiary alicyclic amines) is 1. The molecule has 0 spiro atoms. The lowest BCUT2D eigenvalue weighted by Gasteiger charge is -2.35. The van der Waals surface area contributed by atoms with Crippen molar-refractivity contribution in [1.82, 2.24) is 4.90 Å². The molecule has 4 unspecified atom stereocenters. The highest BCUT2D eigenvalue weighted by molar-refractivity contribution is 5.84. The van der Waals surface area contributed by atoms with E-state index in [0.717, 1.165) is 0 Å². The number of hydrogen-bond donors (Lipinski definition) is 3. The molecule has 0 saturated carbocycles. The van der Waals surface area contributed by atoms with Crippen LogP contribution in [0.15, 0.2) is 12.2 Å². The van der Waals surface area contributed by atoms with Crippen LogP contribution in [0, 0.1) is 17.8 Å². The van der Waals surface area contributed by atoms with Gasteiger partial charge in [0.05, 0.1) is 17.8 Å². The van der Waals surface area contributed by atoms with E-state index in [1.807, 2.05) is 0 Å². The van der Waals surface area contributed by atoms with Crippen molar-refractivity contribution in [3.8, 4) is 0 Å². The van der Waals surface area contributed by atoms with Crippen LogP contribution in [0.4, 0.5) is 0 Å². The molecule has 1 fully saturated rings. The summed E-state index contributed by atoms with van der Waals surface area (Å²) in [6, 6.07) is -0.143. The standard InChI is InChI=1S/C13H18N2O5/c14-8-2-1-7(5-8)11(16)15-4-3-9(12(17)18)10(6-15)13(19)20/h1-2,7-10H,3-6,14H2,(H,17,18)(H,19,20). The Kier molecular flexibility index (Phi) is 4.08. The van der Waals surface area contributed by atoms with Crippen LogP contribution in [0.5, 0.6) is 0 Å². The Hall–Kier alpha value is -1.89. The fraction of sp³-hybridized carbons (Fsp3) is 0.615. The van der Waals surface area contributed by atoms with Crippen molar-refractivity contribution in [3.63, 3.8) is 0 Å². The van der Waals surface area contributed by atoms with Crippen LogP contribution in [-0.2, 0) is 14.4 Å². The summed E-state index contributed by atoms with van der Waals surface area (Å²) in [4.78, 5) is 35.9. The van der Waals surface area contributed by atoms with Crippen molar-refractivity contribution >= 4 is 17.8 Å². The van der Waals surface area contributed by atoms with Crippen LogP contribution in [-0.4, -0.2) is 52.1 Å². The van der Waals surface area contributed by atoms with Crippen molar-refractivity contribution in [2.75, 3.05) is 13.1 Å². The van der Waals surface area contributed by atoms with E-state index in [0.29, 0.717) is 6.42 Å². The quantitative estimate of drug-likeness (QED) is 0.601. The summed E-state index contributed by atoms with van der Waals surface area (Å²) in [5, 5.41) is 18.2. The largest absolute Gasteiger partial charge is 0.481 e. The van der Waals surface area contributed by atoms with Gasteiger partial charge in [-0.3, -0.25) is 14.4 Å². The molecule has 1 aliphatic carbocycles. The highest BCUT2D eigenvalue weighted by Crippen LogP contribution is 2.27. The third kappa shape index (κ3) is 2.82. The summed E-state index contributed by atoms with van der Waals surface area (Å²) in [7, 11) is 0. The maximum absolute atomic E-state index is 12.3. The van der Waals surface area contributed by atoms with E-state index < -0.39 is 23.8 Å². The van der Waals surface area contributed by atoms with Crippen molar-refractivity contribution in [1.29, 1.82) is 0 Å². The summed E-state index contributed by atoms with van der Waals surface area (Å²) in [5.41, 5.74) is 5.70. The second-order valence-corrected chi connectivity index (χ2v) is 5.35. The first-order valence-corrected chi connectivity index (χ1v) is 6.58. The maximum Gasteiger partial charge on any atom is 0.309 e. The van der Waals surface area contributed by atoms with Gasteiger partial charge in [0.1, 0.15) is 0 Å². The third-order valence-corrected chi connectivity index (χ3v) is 3.99. The van der Waals surface area contributed by atoms with Gasteiger partial charge in [0.25, 0.3) is 0 Å². The number of hydrogen-bond acceptors (Lipinski definition) is 4. The van der Waals surface area contributed by atoms with Gasteiger partial charge in [-0.1, -0.05) is 12.2 Å². The van der Waals surface area contributed by atoms with Crippen molar-refractivity contribution in [2.24, 2.45) is 23.5 Å². The summed E-state index contributed by atoms with van der Waals surface area (Å²) in [6.07, 6.45) is 4.20. The number of piperidine rings is 1. The van der Waals surface area contributed by atoms with E-state index in [9.17, 15) is 14.4 Å². The summed E-state index contributed by atoms with van der Waals surface area (Å²) in [6.45, 7) is 0.226. The molecule has 1 saturated heterocycles. The molecule has 1 aliphatic heterocycles. The number of rotatable bonds is 3. The first-order chi connectivity index (χ1) is 9.40. The van der Waals surface area contributed by atoms with Crippen LogP contribution in [0.25, 0.3) is 0 Å². The lowest BCUT2D eigenvalue weighted by atomic mass is 9.85. The van der Waals surface area contributed by atoms with Gasteiger partial charge >= 0.3 is 11.9 Å². The van der Waals surface area contributed by atoms with Gasteiger partial charge in [-0.2, -0.15) is 0 Å². The number of nitrogens with zero attached hydrogens (tertiary/aromatic N) is 1. The van der Waals surface area contributed by atoms with Gasteiger partial charge in [0.2, 0.25) is 5.91 Å². The van der Waals surface area contributed by atoms with Crippen LogP contribution in [0.1, 0.15) is 12.8 Å². The molecule has 0 aromatic heterocycles. The molecule has 2 aliphatic rings. The summed E-state index contributed by atoms with van der Waals surface area (Å²) in [5.74, 6) is -4.76. The minimum atomic E-state index is -1.17. The first kappa shape index (κ1) is 14.5. The summed E-state index contributed by atoms with van der Waals surface area (Å²) < 4.78 is 0. The number of aliphatic carboxylic acids is 2. The minimum Gasteiger partial charge on any atom is -0.481 e. The monoisotopic (exact) mass is 282 g/mol. The smallest absolute Gasteiger partial charge is 0.309 e. The van der Waals surface area contributed by atoms with Gasteiger partial charge in [0.15, 0.2) is 0 Å². The molecule has 1 heterocycles. The van der Waals surface area contributed by atoms with Crippen LogP contribution in [0.3, 0.4) is 0 Å². The fourth-order valence-electron chi connectivity index (χ4n) is 2.84. The summed E-state index contributed by atoms with van der Waals surface area (Å²) >= 11 is 0. The van der Waals surface area contributed by atoms with Crippen molar-refractivity contribution < 1.29 is 24.6 Å². The molecular weight excluding hydrogens is 264 g/mol. The van der Waals surface area contributed by atoms with E-state index in [1.54, 1.807) is 12.2 Å². The molecule has 0 aromatic carbocycles. The lowest BCUT2D eigenvalue weighted by Crippen LogP contribution is -2.50. The van der Waals surface area contributed by atoms with Crippen molar-refractivity contribution in [3.05, 3.63) is 12.2 Å². The van der Waals surface area contributed by atoms with E-state index >= 15 is 0 Å². The van der Waals surface area contributed by atoms with Crippen molar-refractivity contribution in [2.45, 2.75) is 18.9 Å². The predicted octanol–water partition coefficient (Wildman–Crippen LogP) is -0.476. The Labute approximate surface area is 116 Å². The average Bonchev–Trinajstić information content (AvgIpc) is 2.83. The molecule has 7 heteroatoms. The van der Waals surface area contributed by atoms with E-state index in [1.165, 1.54) is 4.90 Å². The second-order valence-electron chi connectivity index (χ2n) is 5.35. The molecule has 0 aromatic rings. The van der Waals surface area contributed by atoms with Gasteiger partial charge in [-0.15, -0.1) is 0 Å². The van der Waals surface area contributed by atoms with Gasteiger partial charge < -0.3 is 20.8 Å². The molecule has 0 bridgehead atoms. The zero-order valence-corrected chi connectivity index (χ0v) is 10.9. The molecule has 20 heavy (non-hydrogen) atoms. The molecule has 7 nitrogen and oxygen atoms in total. The number of carboxylic acids is 2. The van der Waals surface area contributed by atoms with E-state index in [4.69, 9.17) is 15.9 Å². The Morgan fingerprint density at radius 2 is 1.75 bits per heavy atom. The van der Waals surface area contributed by atoms with Crippen LogP contribution < -0.4 is 5.73 Å². The topological polar surface area (TPSA) is 121 Å². The molecule has 110 valence electrons. The van der Waals surface area contributed by atoms with Gasteiger partial charge in [0, 0.05) is 19.1 Å². The fourth-order valence-corrected chi connectivity index (χ4v) is 2.84. The predicted molar refractivity (Wildman–Crippen MR) is 68.7 cm³/mol. The Morgan fingerprint density at radius 1 is 1.10 bits per heavy atom. The number of carbonyl (C=O) groups excluding carboxylic acids is 1. The molecule has 4 atom stereocenters. The average molecular weight is 282 g/mol.